The molecule has 1 N–H and O–H groups in total. The number of ether oxygens (including phenoxy) is 2. The van der Waals surface area contributed by atoms with E-state index in [0.717, 1.165) is 26.4 Å². The molecule has 0 amide bonds. The van der Waals surface area contributed by atoms with Crippen LogP contribution in [0, 0.1) is 0 Å². The zero-order valence-corrected chi connectivity index (χ0v) is 17.0. The number of thiazole rings is 1. The molecule has 3 rings (SSSR count). The third kappa shape index (κ3) is 4.70. The predicted molar refractivity (Wildman–Crippen MR) is 113 cm³/mol. The normalized spacial score (nSPS) is 11.8. The van der Waals surface area contributed by atoms with Crippen molar-refractivity contribution >= 4 is 39.2 Å². The van der Waals surface area contributed by atoms with Crippen LogP contribution in [0.25, 0.3) is 21.9 Å². The van der Waals surface area contributed by atoms with Gasteiger partial charge < -0.3 is 14.6 Å². The molecule has 1 heterocycles. The van der Waals surface area contributed by atoms with Gasteiger partial charge in [0.25, 0.3) is 0 Å². The van der Waals surface area contributed by atoms with Crippen LogP contribution in [0.4, 0.5) is 0 Å². The van der Waals surface area contributed by atoms with E-state index in [4.69, 9.17) is 14.5 Å². The molecule has 6 heteroatoms. The summed E-state index contributed by atoms with van der Waals surface area (Å²) in [6, 6.07) is 13.6. The largest absolute Gasteiger partial charge is 0.493 e. The third-order valence-electron chi connectivity index (χ3n) is 4.09. The summed E-state index contributed by atoms with van der Waals surface area (Å²) in [4.78, 5) is 15.9. The number of rotatable bonds is 8. The number of benzene rings is 2. The fourth-order valence-electron chi connectivity index (χ4n) is 2.85. The molecule has 0 aliphatic heterocycles. The Morgan fingerprint density at radius 1 is 1.18 bits per heavy atom. The molecular formula is C22H23NO4S. The molecule has 1 aromatic heterocycles. The number of methoxy groups -OCH3 is 1. The minimum absolute atomic E-state index is 0.0200. The lowest BCUT2D eigenvalue weighted by Gasteiger charge is -2.16. The molecule has 0 saturated heterocycles. The second-order valence-corrected chi connectivity index (χ2v) is 7.63. The molecule has 5 nitrogen and oxygen atoms in total. The van der Waals surface area contributed by atoms with Gasteiger partial charge >= 0.3 is 5.97 Å². The summed E-state index contributed by atoms with van der Waals surface area (Å²) in [5, 5.41) is 10.0. The van der Waals surface area contributed by atoms with E-state index >= 15 is 0 Å². The van der Waals surface area contributed by atoms with Gasteiger partial charge in [0.2, 0.25) is 0 Å². The highest BCUT2D eigenvalue weighted by Crippen LogP contribution is 2.37. The average molecular weight is 397 g/mol. The molecule has 0 unspecified atom stereocenters. The van der Waals surface area contributed by atoms with E-state index < -0.39 is 5.97 Å². The molecule has 0 radical (unpaired) electrons. The Bertz CT molecular complexity index is 974. The van der Waals surface area contributed by atoms with Gasteiger partial charge in [-0.3, -0.25) is 4.79 Å². The van der Waals surface area contributed by atoms with Gasteiger partial charge in [-0.15, -0.1) is 11.3 Å². The molecule has 146 valence electrons. The van der Waals surface area contributed by atoms with Gasteiger partial charge in [0, 0.05) is 12.0 Å². The van der Waals surface area contributed by atoms with Crippen molar-refractivity contribution in [3.63, 3.8) is 0 Å². The van der Waals surface area contributed by atoms with Gasteiger partial charge in [-0.05, 0) is 50.1 Å². The minimum atomic E-state index is -0.837. The SMILES string of the molecule is COc1cccc(/C=C(/CCC(=O)O)c2nc3ccccc3s2)c1OC(C)C. The van der Waals surface area contributed by atoms with E-state index in [9.17, 15) is 9.90 Å². The zero-order chi connectivity index (χ0) is 20.1. The number of fused-ring (bicyclic) bond motifs is 1. The van der Waals surface area contributed by atoms with Crippen LogP contribution in [0.15, 0.2) is 42.5 Å². The van der Waals surface area contributed by atoms with Crippen molar-refractivity contribution in [3.05, 3.63) is 53.0 Å². The van der Waals surface area contributed by atoms with E-state index in [1.165, 1.54) is 0 Å². The molecule has 2 aromatic carbocycles. The van der Waals surface area contributed by atoms with Crippen LogP contribution in [0.5, 0.6) is 11.5 Å². The first-order chi connectivity index (χ1) is 13.5. The number of carboxylic acids is 1. The lowest BCUT2D eigenvalue weighted by molar-refractivity contribution is -0.136. The highest BCUT2D eigenvalue weighted by atomic mass is 32.1. The molecule has 0 atom stereocenters. The molecule has 0 fully saturated rings. The van der Waals surface area contributed by atoms with Crippen molar-refractivity contribution in [2.75, 3.05) is 7.11 Å². The van der Waals surface area contributed by atoms with E-state index in [0.29, 0.717) is 17.9 Å². The molecule has 0 aliphatic carbocycles. The number of hydrogen-bond acceptors (Lipinski definition) is 5. The number of allylic oxidation sites excluding steroid dienone is 1. The van der Waals surface area contributed by atoms with Crippen molar-refractivity contribution < 1.29 is 19.4 Å². The summed E-state index contributed by atoms with van der Waals surface area (Å²) in [5.41, 5.74) is 2.62. The molecule has 0 saturated carbocycles. The Balaban J connectivity index is 2.09. The molecule has 28 heavy (non-hydrogen) atoms. The van der Waals surface area contributed by atoms with E-state index in [-0.39, 0.29) is 12.5 Å². The Kier molecular flexibility index (Phi) is 6.31. The lowest BCUT2D eigenvalue weighted by atomic mass is 10.1. The summed E-state index contributed by atoms with van der Waals surface area (Å²) < 4.78 is 12.5. The van der Waals surface area contributed by atoms with Crippen LogP contribution in [-0.4, -0.2) is 29.3 Å². The first-order valence-corrected chi connectivity index (χ1v) is 9.91. The molecular weight excluding hydrogens is 374 g/mol. The van der Waals surface area contributed by atoms with Crippen molar-refractivity contribution in [1.82, 2.24) is 4.98 Å². The van der Waals surface area contributed by atoms with Crippen molar-refractivity contribution in [3.8, 4) is 11.5 Å². The maximum atomic E-state index is 11.2. The van der Waals surface area contributed by atoms with Gasteiger partial charge in [0.05, 0.1) is 23.4 Å². The molecule has 0 bridgehead atoms. The number of carboxylic acid groups (broad SMARTS) is 1. The molecule has 0 spiro atoms. The minimum Gasteiger partial charge on any atom is -0.493 e. The van der Waals surface area contributed by atoms with Gasteiger partial charge in [0.1, 0.15) is 5.01 Å². The van der Waals surface area contributed by atoms with Crippen molar-refractivity contribution in [1.29, 1.82) is 0 Å². The van der Waals surface area contributed by atoms with E-state index in [2.05, 4.69) is 0 Å². The number of hydrogen-bond donors (Lipinski definition) is 1. The third-order valence-corrected chi connectivity index (χ3v) is 5.20. The summed E-state index contributed by atoms with van der Waals surface area (Å²) in [6.07, 6.45) is 2.36. The zero-order valence-electron chi connectivity index (χ0n) is 16.1. The molecule has 3 aromatic rings. The highest BCUT2D eigenvalue weighted by Gasteiger charge is 2.15. The first kappa shape index (κ1) is 19.9. The Labute approximate surface area is 168 Å². The van der Waals surface area contributed by atoms with Crippen LogP contribution in [-0.2, 0) is 4.79 Å². The van der Waals surface area contributed by atoms with E-state index in [1.807, 2.05) is 62.4 Å². The van der Waals surface area contributed by atoms with Crippen LogP contribution in [0.2, 0.25) is 0 Å². The number of para-hydroxylation sites is 2. The topological polar surface area (TPSA) is 68.7 Å². The second kappa shape index (κ2) is 8.89. The lowest BCUT2D eigenvalue weighted by Crippen LogP contribution is -2.08. The summed E-state index contributed by atoms with van der Waals surface area (Å²) in [5.74, 6) is 0.453. The van der Waals surface area contributed by atoms with Crippen LogP contribution < -0.4 is 9.47 Å². The van der Waals surface area contributed by atoms with Crippen molar-refractivity contribution in [2.24, 2.45) is 0 Å². The Morgan fingerprint density at radius 3 is 2.64 bits per heavy atom. The number of carbonyl (C=O) groups is 1. The maximum Gasteiger partial charge on any atom is 0.303 e. The standard InChI is InChI=1S/C22H23NO4S/c1-14(2)27-21-15(7-6-9-18(21)26-3)13-16(11-12-20(24)25)22-23-17-8-4-5-10-19(17)28-22/h4-10,13-14H,11-12H2,1-3H3,(H,24,25)/b16-13-. The Hall–Kier alpha value is -2.86. The van der Waals surface area contributed by atoms with Gasteiger partial charge in [-0.25, -0.2) is 4.98 Å². The van der Waals surface area contributed by atoms with E-state index in [1.54, 1.807) is 18.4 Å². The van der Waals surface area contributed by atoms with Crippen molar-refractivity contribution in [2.45, 2.75) is 32.8 Å². The monoisotopic (exact) mass is 397 g/mol. The fourth-order valence-corrected chi connectivity index (χ4v) is 3.86. The maximum absolute atomic E-state index is 11.2. The average Bonchev–Trinajstić information content (AvgIpc) is 3.09. The van der Waals surface area contributed by atoms with Crippen LogP contribution >= 0.6 is 11.3 Å². The van der Waals surface area contributed by atoms with Crippen LogP contribution in [0.1, 0.15) is 37.3 Å². The number of aromatic nitrogens is 1. The number of aliphatic carboxylic acids is 1. The molecule has 0 aliphatic rings. The number of nitrogens with zero attached hydrogens (tertiary/aromatic N) is 1. The van der Waals surface area contributed by atoms with Crippen LogP contribution in [0.3, 0.4) is 0 Å². The quantitative estimate of drug-likeness (QED) is 0.544. The Morgan fingerprint density at radius 2 is 1.96 bits per heavy atom. The smallest absolute Gasteiger partial charge is 0.303 e. The summed E-state index contributed by atoms with van der Waals surface area (Å²) in [6.45, 7) is 3.91. The summed E-state index contributed by atoms with van der Waals surface area (Å²) in [7, 11) is 1.61. The summed E-state index contributed by atoms with van der Waals surface area (Å²) >= 11 is 1.56. The van der Waals surface area contributed by atoms with Gasteiger partial charge in [0.15, 0.2) is 11.5 Å². The fraction of sp³-hybridized carbons (Fsp3) is 0.273. The van der Waals surface area contributed by atoms with Gasteiger partial charge in [-0.1, -0.05) is 24.3 Å². The predicted octanol–water partition coefficient (Wildman–Crippen LogP) is 5.50. The van der Waals surface area contributed by atoms with Gasteiger partial charge in [-0.2, -0.15) is 0 Å². The highest BCUT2D eigenvalue weighted by molar-refractivity contribution is 7.19. The first-order valence-electron chi connectivity index (χ1n) is 9.10. The second-order valence-electron chi connectivity index (χ2n) is 6.60.